The highest BCUT2D eigenvalue weighted by Crippen LogP contribution is 2.55. The van der Waals surface area contributed by atoms with Gasteiger partial charge in [0.05, 0.1) is 45.7 Å². The first-order chi connectivity index (χ1) is 36.7. The van der Waals surface area contributed by atoms with Crippen molar-refractivity contribution >= 4 is 78.3 Å². The number of anilines is 6. The lowest BCUT2D eigenvalue weighted by atomic mass is 9.87. The highest BCUT2D eigenvalue weighted by molar-refractivity contribution is 6.17. The third kappa shape index (κ3) is 5.87. The van der Waals surface area contributed by atoms with Crippen molar-refractivity contribution in [2.24, 2.45) is 0 Å². The molecule has 4 aromatic heterocycles. The summed E-state index contributed by atoms with van der Waals surface area (Å²) < 4.78 is 17.8. The maximum Gasteiger partial charge on any atom is 0.161 e. The molecule has 10 heteroatoms. The number of hydrogen-bond donors (Lipinski definition) is 0. The van der Waals surface area contributed by atoms with E-state index in [2.05, 4.69) is 165 Å². The van der Waals surface area contributed by atoms with Crippen molar-refractivity contribution in [3.63, 3.8) is 0 Å². The van der Waals surface area contributed by atoms with Gasteiger partial charge in [-0.25, -0.2) is 15.0 Å². The Kier molecular flexibility index (Phi) is 8.63. The summed E-state index contributed by atoms with van der Waals surface area (Å²) in [6.45, 7) is 0. The quantitative estimate of drug-likeness (QED) is 0.163. The molecule has 0 saturated carbocycles. The molecule has 0 radical (unpaired) electrons. The molecule has 0 bridgehead atoms. The average Bonchev–Trinajstić information content (AvgIpc) is 3.98. The van der Waals surface area contributed by atoms with Gasteiger partial charge in [0.15, 0.2) is 34.3 Å². The molecule has 1 unspecified atom stereocenters. The molecule has 0 N–H and O–H groups in total. The first-order valence-corrected chi connectivity index (χ1v) is 24.8. The number of nitrogens with zero attached hydrogens (tertiary/aromatic N) is 8. The number of fused-ring (bicyclic) bond motifs is 11. The van der Waals surface area contributed by atoms with Crippen molar-refractivity contribution in [2.45, 2.75) is 12.1 Å². The normalized spacial score (nSPS) is 14.1. The fourth-order valence-electron chi connectivity index (χ4n) is 11.9. The number of hydrogen-bond acceptors (Lipinski definition) is 8. The molecule has 7 heterocycles. The minimum atomic E-state index is -0.472. The summed E-state index contributed by atoms with van der Waals surface area (Å²) in [7, 11) is 0. The van der Waals surface area contributed by atoms with Crippen LogP contribution in [-0.4, -0.2) is 29.1 Å². The van der Waals surface area contributed by atoms with E-state index in [9.17, 15) is 0 Å². The first-order valence-electron chi connectivity index (χ1n) is 24.8. The Bertz CT molecular complexity index is 4180. The number of benzene rings is 9. The smallest absolute Gasteiger partial charge is 0.161 e. The Morgan fingerprint density at radius 3 is 1.35 bits per heavy atom. The Morgan fingerprint density at radius 2 is 0.838 bits per heavy atom. The van der Waals surface area contributed by atoms with E-state index in [0.717, 1.165) is 135 Å². The first kappa shape index (κ1) is 40.6. The van der Waals surface area contributed by atoms with E-state index in [1.54, 1.807) is 6.20 Å². The van der Waals surface area contributed by atoms with Gasteiger partial charge in [-0.3, -0.25) is 4.98 Å². The molecule has 0 fully saturated rings. The van der Waals surface area contributed by atoms with E-state index >= 15 is 0 Å². The van der Waals surface area contributed by atoms with Crippen LogP contribution in [0.2, 0.25) is 0 Å². The fraction of sp³-hybridized carbons (Fsp3) is 0.0312. The molecule has 0 aliphatic carbocycles. The lowest BCUT2D eigenvalue weighted by Gasteiger charge is -2.35. The summed E-state index contributed by atoms with van der Waals surface area (Å²) in [5, 5.41) is 2.07. The minimum Gasteiger partial charge on any atom is -0.453 e. The van der Waals surface area contributed by atoms with Gasteiger partial charge in [-0.05, 0) is 83.9 Å². The molecule has 3 aliphatic rings. The highest BCUT2D eigenvalue weighted by Gasteiger charge is 2.39. The molecular weight excluding hydrogens is 913 g/mol. The average molecular weight is 953 g/mol. The molecule has 348 valence electrons. The van der Waals surface area contributed by atoms with Crippen LogP contribution in [0.4, 0.5) is 34.1 Å². The summed E-state index contributed by atoms with van der Waals surface area (Å²) in [6, 6.07) is 74.5. The molecule has 3 aliphatic heterocycles. The molecule has 74 heavy (non-hydrogen) atoms. The van der Waals surface area contributed by atoms with Crippen LogP contribution in [0.5, 0.6) is 23.0 Å². The van der Waals surface area contributed by atoms with Crippen LogP contribution in [-0.2, 0) is 0 Å². The summed E-state index contributed by atoms with van der Waals surface area (Å²) in [5.41, 5.74) is 17.5. The zero-order valence-corrected chi connectivity index (χ0v) is 39.5. The van der Waals surface area contributed by atoms with Gasteiger partial charge in [0.25, 0.3) is 0 Å². The van der Waals surface area contributed by atoms with Gasteiger partial charge < -0.3 is 28.4 Å². The molecule has 10 nitrogen and oxygen atoms in total. The summed E-state index contributed by atoms with van der Waals surface area (Å²) in [6.07, 6.45) is 5.06. The fourth-order valence-corrected chi connectivity index (χ4v) is 11.9. The monoisotopic (exact) mass is 952 g/mol. The van der Waals surface area contributed by atoms with Crippen molar-refractivity contribution in [3.05, 3.63) is 242 Å². The molecule has 9 aromatic carbocycles. The van der Waals surface area contributed by atoms with Crippen LogP contribution < -0.4 is 19.3 Å². The number of rotatable bonds is 6. The van der Waals surface area contributed by atoms with Gasteiger partial charge in [0, 0.05) is 57.1 Å². The topological polar surface area (TPSA) is 86.4 Å². The maximum absolute atomic E-state index is 6.45. The Morgan fingerprint density at radius 1 is 0.392 bits per heavy atom. The molecule has 0 amide bonds. The van der Waals surface area contributed by atoms with Crippen LogP contribution in [0.1, 0.15) is 23.2 Å². The van der Waals surface area contributed by atoms with Crippen molar-refractivity contribution in [1.29, 1.82) is 0 Å². The lowest BCUT2D eigenvalue weighted by Crippen LogP contribution is -2.26. The van der Waals surface area contributed by atoms with Crippen molar-refractivity contribution < 1.29 is 9.47 Å². The molecule has 13 aromatic rings. The molecule has 0 spiro atoms. The zero-order valence-electron chi connectivity index (χ0n) is 39.5. The van der Waals surface area contributed by atoms with Crippen LogP contribution in [0.3, 0.4) is 0 Å². The maximum atomic E-state index is 6.45. The van der Waals surface area contributed by atoms with E-state index in [0.29, 0.717) is 0 Å². The predicted molar refractivity (Wildman–Crippen MR) is 293 cm³/mol. The zero-order chi connectivity index (χ0) is 48.4. The minimum absolute atomic E-state index is 0.332. The standard InChI is InChI=1S/C64H40N8O2/c1-2-14-39(15-3-1)48-38-67-63-59(68-48)47-19-13-17-45-44-16-12-18-46-58-62(66-37-36-65-58)71(60(44)46)64(72(63)61(45)47)57(40-28-32-42(33-29-40)69-49-20-4-8-24-53(49)73-54-25-9-5-21-50(54)69)41-30-34-43(35-31-41)70-51-22-6-10-26-55(51)74-56-27-11-7-23-52(56)70/h1-38,57,64H. The number of aromatic nitrogens is 6. The third-order valence-electron chi connectivity index (χ3n) is 15.0. The largest absolute Gasteiger partial charge is 0.453 e. The van der Waals surface area contributed by atoms with Gasteiger partial charge in [0.2, 0.25) is 0 Å². The summed E-state index contributed by atoms with van der Waals surface area (Å²) in [4.78, 5) is 25.8. The molecule has 1 atom stereocenters. The molecular formula is C64H40N8O2. The molecule has 0 saturated heterocycles. The van der Waals surface area contributed by atoms with E-state index in [1.807, 2.05) is 79.1 Å². The SMILES string of the molecule is c1ccc(-c2cnc3c(n2)c2cccc4c2n3C(C(c2ccc(N3c5ccccc5Oc5ccccc53)cc2)c2ccc(N3c5ccccc5Oc5ccccc53)cc2)n2c3nccnc3c3cccc-4c32)cc1. The second-order valence-electron chi connectivity index (χ2n) is 19.0. The van der Waals surface area contributed by atoms with Crippen molar-refractivity contribution in [2.75, 3.05) is 9.80 Å². The second-order valence-corrected chi connectivity index (χ2v) is 19.0. The number of ether oxygens (including phenoxy) is 2. The predicted octanol–water partition coefficient (Wildman–Crippen LogP) is 16.2. The highest BCUT2D eigenvalue weighted by atomic mass is 16.5. The van der Waals surface area contributed by atoms with Crippen molar-refractivity contribution in [1.82, 2.24) is 29.1 Å². The Hall–Kier alpha value is -10.1. The van der Waals surface area contributed by atoms with Gasteiger partial charge in [0.1, 0.15) is 17.2 Å². The van der Waals surface area contributed by atoms with Crippen LogP contribution in [0.15, 0.2) is 231 Å². The van der Waals surface area contributed by atoms with E-state index < -0.39 is 6.17 Å². The van der Waals surface area contributed by atoms with Crippen LogP contribution in [0.25, 0.3) is 66.5 Å². The Balaban J connectivity index is 0.970. The van der Waals surface area contributed by atoms with E-state index in [4.69, 9.17) is 29.4 Å². The van der Waals surface area contributed by atoms with Gasteiger partial charge >= 0.3 is 0 Å². The Labute approximate surface area is 424 Å². The number of para-hydroxylation sites is 10. The van der Waals surface area contributed by atoms with Gasteiger partial charge in [-0.2, -0.15) is 0 Å². The molecule has 16 rings (SSSR count). The summed E-state index contributed by atoms with van der Waals surface area (Å²) >= 11 is 0. The van der Waals surface area contributed by atoms with Crippen LogP contribution in [0, 0.1) is 0 Å². The third-order valence-corrected chi connectivity index (χ3v) is 15.0. The van der Waals surface area contributed by atoms with Gasteiger partial charge in [-0.1, -0.05) is 140 Å². The van der Waals surface area contributed by atoms with Crippen molar-refractivity contribution in [3.8, 4) is 45.4 Å². The second kappa shape index (κ2) is 15.7. The summed E-state index contributed by atoms with van der Waals surface area (Å²) in [5.74, 6) is 2.89. The lowest BCUT2D eigenvalue weighted by molar-refractivity contribution is 0.425. The van der Waals surface area contributed by atoms with Gasteiger partial charge in [-0.15, -0.1) is 0 Å². The van der Waals surface area contributed by atoms with E-state index in [-0.39, 0.29) is 5.92 Å². The van der Waals surface area contributed by atoms with Crippen LogP contribution >= 0.6 is 0 Å². The van der Waals surface area contributed by atoms with E-state index in [1.165, 1.54) is 0 Å².